The van der Waals surface area contributed by atoms with Crippen LogP contribution in [0.1, 0.15) is 40.0 Å². The molecule has 2 saturated carbocycles. The number of aliphatic hydroxyl groups excluding tert-OH is 2. The van der Waals surface area contributed by atoms with Gasteiger partial charge in [0.05, 0.1) is 16.9 Å². The lowest BCUT2D eigenvalue weighted by atomic mass is 9.45. The van der Waals surface area contributed by atoms with Crippen LogP contribution < -0.4 is 0 Å². The van der Waals surface area contributed by atoms with E-state index < -0.39 is 16.9 Å². The van der Waals surface area contributed by atoms with Crippen molar-refractivity contribution in [3.05, 3.63) is 12.2 Å². The molecule has 0 radical (unpaired) electrons. The fourth-order valence-corrected chi connectivity index (χ4v) is 6.68. The summed E-state index contributed by atoms with van der Waals surface area (Å²) in [6.45, 7) is 5.91. The van der Waals surface area contributed by atoms with Crippen molar-refractivity contribution in [2.75, 3.05) is 13.2 Å². The zero-order valence-corrected chi connectivity index (χ0v) is 15.2. The smallest absolute Gasteiger partial charge is 0.315 e. The van der Waals surface area contributed by atoms with Gasteiger partial charge in [-0.2, -0.15) is 0 Å². The standard InChI is InChI=1S/C20H28O5/c1-11-12-4-5-13-19(8-12,16(11)23)17(24)25-10-20(13)14(9-21)18(2,3)7-6-15(20)22/h6-7,11-14,16,21,23H,4-5,8-10H2,1-3H3/t11-,12-,13-,14-,16?,19+,20+/m1/s1. The summed E-state index contributed by atoms with van der Waals surface area (Å²) in [5.41, 5.74) is -2.30. The van der Waals surface area contributed by atoms with E-state index in [0.29, 0.717) is 12.3 Å². The van der Waals surface area contributed by atoms with E-state index in [4.69, 9.17) is 4.74 Å². The van der Waals surface area contributed by atoms with Crippen molar-refractivity contribution in [3.63, 3.8) is 0 Å². The predicted octanol–water partition coefficient (Wildman–Crippen LogP) is 1.72. The van der Waals surface area contributed by atoms with Gasteiger partial charge in [0, 0.05) is 12.5 Å². The Hall–Kier alpha value is -1.20. The van der Waals surface area contributed by atoms with Gasteiger partial charge >= 0.3 is 5.97 Å². The van der Waals surface area contributed by atoms with Crippen molar-refractivity contribution < 1.29 is 24.5 Å². The normalized spacial score (nSPS) is 50.7. The van der Waals surface area contributed by atoms with Gasteiger partial charge in [0.1, 0.15) is 6.61 Å². The summed E-state index contributed by atoms with van der Waals surface area (Å²) in [7, 11) is 0. The molecule has 2 N–H and O–H groups in total. The Bertz CT molecular complexity index is 652. The van der Waals surface area contributed by atoms with E-state index >= 15 is 0 Å². The van der Waals surface area contributed by atoms with Crippen LogP contribution in [-0.2, 0) is 14.3 Å². The molecule has 1 saturated heterocycles. The van der Waals surface area contributed by atoms with E-state index in [2.05, 4.69) is 0 Å². The van der Waals surface area contributed by atoms with Gasteiger partial charge < -0.3 is 14.9 Å². The maximum absolute atomic E-state index is 13.2. The van der Waals surface area contributed by atoms with Crippen molar-refractivity contribution in [1.82, 2.24) is 0 Å². The van der Waals surface area contributed by atoms with E-state index in [0.717, 1.165) is 12.8 Å². The van der Waals surface area contributed by atoms with Crippen molar-refractivity contribution >= 4 is 11.8 Å². The third-order valence-corrected chi connectivity index (χ3v) is 8.09. The van der Waals surface area contributed by atoms with Gasteiger partial charge in [0.15, 0.2) is 5.78 Å². The zero-order valence-electron chi connectivity index (χ0n) is 15.2. The van der Waals surface area contributed by atoms with Crippen LogP contribution in [0.5, 0.6) is 0 Å². The number of allylic oxidation sites excluding steroid dienone is 2. The first-order chi connectivity index (χ1) is 11.7. The second-order valence-corrected chi connectivity index (χ2v) is 9.31. The van der Waals surface area contributed by atoms with Gasteiger partial charge in [0.2, 0.25) is 0 Å². The molecule has 1 heterocycles. The first-order valence-corrected chi connectivity index (χ1v) is 9.41. The number of ether oxygens (including phenoxy) is 1. The van der Waals surface area contributed by atoms with Crippen molar-refractivity contribution in [1.29, 1.82) is 0 Å². The van der Waals surface area contributed by atoms with Gasteiger partial charge in [-0.1, -0.05) is 26.8 Å². The zero-order chi connectivity index (χ0) is 18.2. The summed E-state index contributed by atoms with van der Waals surface area (Å²) in [4.78, 5) is 26.1. The summed E-state index contributed by atoms with van der Waals surface area (Å²) in [5.74, 6) is -0.681. The van der Waals surface area contributed by atoms with Crippen LogP contribution in [0.2, 0.25) is 0 Å². The molecule has 25 heavy (non-hydrogen) atoms. The monoisotopic (exact) mass is 348 g/mol. The number of fused-ring (bicyclic) bond motifs is 2. The molecule has 0 amide bonds. The largest absolute Gasteiger partial charge is 0.464 e. The van der Waals surface area contributed by atoms with Crippen LogP contribution in [-0.4, -0.2) is 41.3 Å². The summed E-state index contributed by atoms with van der Waals surface area (Å²) < 4.78 is 5.61. The lowest BCUT2D eigenvalue weighted by molar-refractivity contribution is -0.217. The lowest BCUT2D eigenvalue weighted by Gasteiger charge is -2.59. The Balaban J connectivity index is 1.90. The molecule has 2 bridgehead atoms. The molecule has 4 rings (SSSR count). The summed E-state index contributed by atoms with van der Waals surface area (Å²) in [6, 6.07) is 0. The number of cyclic esters (lactones) is 1. The number of esters is 1. The number of rotatable bonds is 1. The number of hydrogen-bond acceptors (Lipinski definition) is 5. The highest BCUT2D eigenvalue weighted by Crippen LogP contribution is 2.67. The Labute approximate surface area is 148 Å². The molecule has 0 aromatic heterocycles. The minimum Gasteiger partial charge on any atom is -0.464 e. The molecular formula is C20H28O5. The van der Waals surface area contributed by atoms with E-state index in [1.54, 1.807) is 6.08 Å². The van der Waals surface area contributed by atoms with Crippen LogP contribution in [0.15, 0.2) is 12.2 Å². The van der Waals surface area contributed by atoms with Gasteiger partial charge in [-0.15, -0.1) is 0 Å². The Morgan fingerprint density at radius 3 is 2.64 bits per heavy atom. The van der Waals surface area contributed by atoms with Gasteiger partial charge in [-0.05, 0) is 48.5 Å². The molecule has 1 unspecified atom stereocenters. The minimum atomic E-state index is -0.995. The molecule has 138 valence electrons. The average Bonchev–Trinajstić information content (AvgIpc) is 2.77. The van der Waals surface area contributed by atoms with Crippen molar-refractivity contribution in [2.45, 2.75) is 46.1 Å². The van der Waals surface area contributed by atoms with Crippen LogP contribution >= 0.6 is 0 Å². The SMILES string of the molecule is C[C@H]1C(O)[C@]23C[C@H]1CC[C@H]2[C@]1(COC3=O)C(=O)C=CC(C)(C)[C@H]1CO. The molecule has 0 aromatic carbocycles. The minimum absolute atomic E-state index is 0.0157. The summed E-state index contributed by atoms with van der Waals surface area (Å²) in [6.07, 6.45) is 4.93. The maximum atomic E-state index is 13.2. The maximum Gasteiger partial charge on any atom is 0.315 e. The van der Waals surface area contributed by atoms with E-state index in [9.17, 15) is 19.8 Å². The van der Waals surface area contributed by atoms with Crippen LogP contribution in [0.3, 0.4) is 0 Å². The summed E-state index contributed by atoms with van der Waals surface area (Å²) in [5, 5.41) is 21.2. The van der Waals surface area contributed by atoms with Gasteiger partial charge in [-0.25, -0.2) is 0 Å². The fraction of sp³-hybridized carbons (Fsp3) is 0.800. The predicted molar refractivity (Wildman–Crippen MR) is 90.3 cm³/mol. The molecule has 3 aliphatic carbocycles. The van der Waals surface area contributed by atoms with E-state index in [1.165, 1.54) is 0 Å². The van der Waals surface area contributed by atoms with Crippen LogP contribution in [0, 0.1) is 39.9 Å². The average molecular weight is 348 g/mol. The first kappa shape index (κ1) is 17.2. The molecule has 3 fully saturated rings. The summed E-state index contributed by atoms with van der Waals surface area (Å²) >= 11 is 0. The van der Waals surface area contributed by atoms with E-state index in [1.807, 2.05) is 26.8 Å². The third kappa shape index (κ3) is 1.86. The van der Waals surface area contributed by atoms with Crippen LogP contribution in [0.25, 0.3) is 0 Å². The van der Waals surface area contributed by atoms with Gasteiger partial charge in [-0.3, -0.25) is 9.59 Å². The highest BCUT2D eigenvalue weighted by molar-refractivity contribution is 5.98. The molecule has 7 atom stereocenters. The van der Waals surface area contributed by atoms with Crippen LogP contribution in [0.4, 0.5) is 0 Å². The number of hydrogen-bond donors (Lipinski definition) is 2. The number of carbonyl (C=O) groups excluding carboxylic acids is 2. The quantitative estimate of drug-likeness (QED) is 0.705. The first-order valence-electron chi connectivity index (χ1n) is 9.41. The molecule has 1 aliphatic heterocycles. The molecular weight excluding hydrogens is 320 g/mol. The number of carbonyl (C=O) groups is 2. The molecule has 5 nitrogen and oxygen atoms in total. The Kier molecular flexibility index (Phi) is 3.56. The molecule has 2 spiro atoms. The Morgan fingerprint density at radius 2 is 1.96 bits per heavy atom. The highest BCUT2D eigenvalue weighted by Gasteiger charge is 2.73. The number of ketones is 1. The fourth-order valence-electron chi connectivity index (χ4n) is 6.68. The van der Waals surface area contributed by atoms with Crippen molar-refractivity contribution in [2.24, 2.45) is 39.9 Å². The molecule has 0 aromatic rings. The lowest BCUT2D eigenvalue weighted by Crippen LogP contribution is -2.67. The van der Waals surface area contributed by atoms with E-state index in [-0.39, 0.29) is 48.1 Å². The highest BCUT2D eigenvalue weighted by atomic mass is 16.5. The number of aliphatic hydroxyl groups is 2. The Morgan fingerprint density at radius 1 is 1.24 bits per heavy atom. The second-order valence-electron chi connectivity index (χ2n) is 9.31. The molecule has 5 heteroatoms. The second kappa shape index (κ2) is 5.17. The van der Waals surface area contributed by atoms with Gasteiger partial charge in [0.25, 0.3) is 0 Å². The third-order valence-electron chi connectivity index (χ3n) is 8.09. The van der Waals surface area contributed by atoms with Crippen molar-refractivity contribution in [3.8, 4) is 0 Å². The molecule has 4 aliphatic rings. The topological polar surface area (TPSA) is 83.8 Å².